The maximum Gasteiger partial charge on any atom is 0.208 e. The molecule has 0 bridgehead atoms. The quantitative estimate of drug-likeness (QED) is 0.879. The summed E-state index contributed by atoms with van der Waals surface area (Å²) in [6.07, 6.45) is 3.04. The second-order valence-electron chi connectivity index (χ2n) is 5.08. The molecule has 0 unspecified atom stereocenters. The van der Waals surface area contributed by atoms with Gasteiger partial charge in [-0.15, -0.1) is 0 Å². The van der Waals surface area contributed by atoms with Gasteiger partial charge in [0.05, 0.1) is 16.3 Å². The van der Waals surface area contributed by atoms with Crippen LogP contribution >= 0.6 is 23.2 Å². The molecule has 1 aliphatic heterocycles. The molecule has 2 N–H and O–H groups in total. The highest BCUT2D eigenvalue weighted by atomic mass is 35.5. The third kappa shape index (κ3) is 4.97. The highest BCUT2D eigenvalue weighted by molar-refractivity contribution is 7.88. The normalized spacial score (nSPS) is 16.9. The van der Waals surface area contributed by atoms with Crippen LogP contribution in [0.5, 0.6) is 0 Å². The third-order valence-electron chi connectivity index (χ3n) is 3.36. The Labute approximate surface area is 135 Å². The number of benzene rings is 1. The maximum atomic E-state index is 11.3. The molecule has 0 spiro atoms. The van der Waals surface area contributed by atoms with Gasteiger partial charge < -0.3 is 5.32 Å². The van der Waals surface area contributed by atoms with Gasteiger partial charge in [-0.1, -0.05) is 29.3 Å². The molecule has 0 aliphatic carbocycles. The first-order valence-electron chi connectivity index (χ1n) is 6.68. The SMILES string of the molecule is CS(=O)(=O)NCC1=C(c2ccc(Cl)c(Cl)c2)CCCNC1. The van der Waals surface area contributed by atoms with E-state index < -0.39 is 10.0 Å². The average molecular weight is 349 g/mol. The van der Waals surface area contributed by atoms with Crippen LogP contribution in [0.25, 0.3) is 5.57 Å². The van der Waals surface area contributed by atoms with Crippen molar-refractivity contribution in [1.82, 2.24) is 10.0 Å². The smallest absolute Gasteiger partial charge is 0.208 e. The molecule has 1 aliphatic rings. The van der Waals surface area contributed by atoms with Crippen LogP contribution < -0.4 is 10.0 Å². The predicted octanol–water partition coefficient (Wildman–Crippen LogP) is 2.68. The molecular formula is C14H18Cl2N2O2S. The summed E-state index contributed by atoms with van der Waals surface area (Å²) in [5, 5.41) is 4.33. The van der Waals surface area contributed by atoms with Gasteiger partial charge in [0, 0.05) is 13.1 Å². The zero-order valence-electron chi connectivity index (χ0n) is 11.7. The van der Waals surface area contributed by atoms with Gasteiger partial charge in [0.15, 0.2) is 0 Å². The van der Waals surface area contributed by atoms with E-state index in [1.165, 1.54) is 0 Å². The molecule has 0 aromatic heterocycles. The van der Waals surface area contributed by atoms with Gasteiger partial charge >= 0.3 is 0 Å². The Kier molecular flexibility index (Phi) is 5.68. The summed E-state index contributed by atoms with van der Waals surface area (Å²) < 4.78 is 25.2. The number of hydrogen-bond donors (Lipinski definition) is 2. The van der Waals surface area contributed by atoms with Gasteiger partial charge in [0.2, 0.25) is 10.0 Å². The summed E-state index contributed by atoms with van der Waals surface area (Å²) in [5.41, 5.74) is 3.17. The van der Waals surface area contributed by atoms with Gasteiger partial charge in [-0.05, 0) is 48.2 Å². The molecule has 0 fully saturated rings. The lowest BCUT2D eigenvalue weighted by atomic mass is 9.96. The third-order valence-corrected chi connectivity index (χ3v) is 4.77. The van der Waals surface area contributed by atoms with E-state index in [1.54, 1.807) is 6.07 Å². The Morgan fingerprint density at radius 1 is 1.29 bits per heavy atom. The van der Waals surface area contributed by atoms with Crippen molar-refractivity contribution in [3.63, 3.8) is 0 Å². The molecule has 0 atom stereocenters. The van der Waals surface area contributed by atoms with Crippen molar-refractivity contribution in [2.24, 2.45) is 0 Å². The molecule has 7 heteroatoms. The highest BCUT2D eigenvalue weighted by Gasteiger charge is 2.15. The number of rotatable bonds is 4. The molecular weight excluding hydrogens is 331 g/mol. The van der Waals surface area contributed by atoms with Crippen molar-refractivity contribution in [1.29, 1.82) is 0 Å². The largest absolute Gasteiger partial charge is 0.313 e. The van der Waals surface area contributed by atoms with Gasteiger partial charge in [-0.2, -0.15) is 0 Å². The minimum Gasteiger partial charge on any atom is -0.313 e. The fraction of sp³-hybridized carbons (Fsp3) is 0.429. The lowest BCUT2D eigenvalue weighted by Crippen LogP contribution is -2.28. The van der Waals surface area contributed by atoms with Crippen LogP contribution in [0.4, 0.5) is 0 Å². The average Bonchev–Trinajstić information content (AvgIpc) is 2.64. The molecule has 1 aromatic carbocycles. The van der Waals surface area contributed by atoms with E-state index in [2.05, 4.69) is 10.0 Å². The van der Waals surface area contributed by atoms with E-state index in [4.69, 9.17) is 23.2 Å². The van der Waals surface area contributed by atoms with Crippen LogP contribution in [-0.4, -0.2) is 34.3 Å². The van der Waals surface area contributed by atoms with Crippen LogP contribution in [0, 0.1) is 0 Å². The minimum absolute atomic E-state index is 0.307. The Morgan fingerprint density at radius 3 is 2.71 bits per heavy atom. The summed E-state index contributed by atoms with van der Waals surface area (Å²) in [7, 11) is -3.22. The predicted molar refractivity (Wildman–Crippen MR) is 88.3 cm³/mol. The lowest BCUT2D eigenvalue weighted by molar-refractivity contribution is 0.590. The standard InChI is InChI=1S/C14H18Cl2N2O2S/c1-21(19,20)18-9-11-8-17-6-2-3-12(11)10-4-5-13(15)14(16)7-10/h4-5,7,17-18H,2-3,6,8-9H2,1H3. The van der Waals surface area contributed by atoms with E-state index in [0.717, 1.165) is 42.4 Å². The molecule has 0 radical (unpaired) electrons. The summed E-state index contributed by atoms with van der Waals surface area (Å²) in [4.78, 5) is 0. The fourth-order valence-corrected chi connectivity index (χ4v) is 3.07. The van der Waals surface area contributed by atoms with E-state index in [0.29, 0.717) is 23.1 Å². The van der Waals surface area contributed by atoms with E-state index in [-0.39, 0.29) is 0 Å². The number of allylic oxidation sites excluding steroid dienone is 1. The molecule has 4 nitrogen and oxygen atoms in total. The van der Waals surface area contributed by atoms with E-state index in [1.807, 2.05) is 12.1 Å². The molecule has 1 aromatic rings. The zero-order valence-corrected chi connectivity index (χ0v) is 14.1. The lowest BCUT2D eigenvalue weighted by Gasteiger charge is -2.14. The van der Waals surface area contributed by atoms with Crippen molar-refractivity contribution in [2.45, 2.75) is 12.8 Å². The van der Waals surface area contributed by atoms with Crippen molar-refractivity contribution in [3.05, 3.63) is 39.4 Å². The maximum absolute atomic E-state index is 11.3. The summed E-state index contributed by atoms with van der Waals surface area (Å²) in [6.45, 7) is 1.88. The summed E-state index contributed by atoms with van der Waals surface area (Å²) >= 11 is 12.0. The first-order chi connectivity index (χ1) is 9.87. The first-order valence-corrected chi connectivity index (χ1v) is 9.33. The van der Waals surface area contributed by atoms with Crippen LogP contribution in [0.1, 0.15) is 18.4 Å². The molecule has 2 rings (SSSR count). The molecule has 0 amide bonds. The monoisotopic (exact) mass is 348 g/mol. The van der Waals surface area contributed by atoms with Gasteiger partial charge in [0.25, 0.3) is 0 Å². The van der Waals surface area contributed by atoms with Crippen molar-refractivity contribution in [2.75, 3.05) is 25.9 Å². The summed E-state index contributed by atoms with van der Waals surface area (Å²) in [6, 6.07) is 5.53. The molecule has 21 heavy (non-hydrogen) atoms. The fourth-order valence-electron chi connectivity index (χ4n) is 2.33. The van der Waals surface area contributed by atoms with Crippen LogP contribution in [0.2, 0.25) is 10.0 Å². The Balaban J connectivity index is 2.35. The number of halogens is 2. The molecule has 0 saturated carbocycles. The van der Waals surface area contributed by atoms with Crippen LogP contribution in [0.3, 0.4) is 0 Å². The molecule has 1 heterocycles. The molecule has 116 valence electrons. The van der Waals surface area contributed by atoms with Gasteiger partial charge in [-0.25, -0.2) is 13.1 Å². The molecule has 0 saturated heterocycles. The van der Waals surface area contributed by atoms with Gasteiger partial charge in [-0.3, -0.25) is 0 Å². The van der Waals surface area contributed by atoms with Crippen LogP contribution in [-0.2, 0) is 10.0 Å². The topological polar surface area (TPSA) is 58.2 Å². The van der Waals surface area contributed by atoms with Crippen molar-refractivity contribution < 1.29 is 8.42 Å². The van der Waals surface area contributed by atoms with Crippen molar-refractivity contribution in [3.8, 4) is 0 Å². The van der Waals surface area contributed by atoms with E-state index in [9.17, 15) is 8.42 Å². The second-order valence-corrected chi connectivity index (χ2v) is 7.73. The Hall–Kier alpha value is -0.590. The Bertz CT molecular complexity index is 657. The number of sulfonamides is 1. The Morgan fingerprint density at radius 2 is 2.05 bits per heavy atom. The van der Waals surface area contributed by atoms with Gasteiger partial charge in [0.1, 0.15) is 0 Å². The summed E-state index contributed by atoms with van der Waals surface area (Å²) in [5.74, 6) is 0. The van der Waals surface area contributed by atoms with Crippen molar-refractivity contribution >= 4 is 38.8 Å². The van der Waals surface area contributed by atoms with Crippen LogP contribution in [0.15, 0.2) is 23.8 Å². The zero-order chi connectivity index (χ0) is 15.5. The first kappa shape index (κ1) is 16.8. The second kappa shape index (κ2) is 7.11. The highest BCUT2D eigenvalue weighted by Crippen LogP contribution is 2.30. The minimum atomic E-state index is -3.22. The van der Waals surface area contributed by atoms with E-state index >= 15 is 0 Å². The number of nitrogens with one attached hydrogen (secondary N) is 2. The number of hydrogen-bond acceptors (Lipinski definition) is 3.